The molecule has 2 atom stereocenters. The standard InChI is InChI=1S/C19H19ClFNO/c1-11(19-15(20)4-3-5-16(19)21)8-13-6-7-14-10-18(23)12(2)22-17(14)9-13/h3-9,12,18,22-23H,10H2,1-2H3/t12-,18+/m1/s1. The van der Waals surface area contributed by atoms with Gasteiger partial charge in [-0.1, -0.05) is 35.9 Å². The Bertz CT molecular complexity index is 752. The number of benzene rings is 2. The molecule has 0 bridgehead atoms. The first-order valence-corrected chi connectivity index (χ1v) is 8.03. The fourth-order valence-corrected chi connectivity index (χ4v) is 3.25. The van der Waals surface area contributed by atoms with E-state index in [0.29, 0.717) is 17.0 Å². The highest BCUT2D eigenvalue weighted by Crippen LogP contribution is 2.30. The number of nitrogens with one attached hydrogen (secondary N) is 1. The minimum absolute atomic E-state index is 0.0174. The molecule has 23 heavy (non-hydrogen) atoms. The second-order valence-corrected chi connectivity index (χ2v) is 6.45. The van der Waals surface area contributed by atoms with Crippen LogP contribution in [0.3, 0.4) is 0 Å². The van der Waals surface area contributed by atoms with Gasteiger partial charge in [-0.2, -0.15) is 0 Å². The van der Waals surface area contributed by atoms with E-state index in [4.69, 9.17) is 11.6 Å². The monoisotopic (exact) mass is 331 g/mol. The van der Waals surface area contributed by atoms with Gasteiger partial charge in [0, 0.05) is 23.7 Å². The van der Waals surface area contributed by atoms with Gasteiger partial charge in [0.05, 0.1) is 11.1 Å². The highest BCUT2D eigenvalue weighted by molar-refractivity contribution is 6.32. The van der Waals surface area contributed by atoms with Crippen LogP contribution in [0.4, 0.5) is 10.1 Å². The number of fused-ring (bicyclic) bond motifs is 1. The number of halogens is 2. The molecule has 1 aliphatic rings. The van der Waals surface area contributed by atoms with Gasteiger partial charge in [-0.25, -0.2) is 4.39 Å². The third-order valence-electron chi connectivity index (χ3n) is 4.26. The summed E-state index contributed by atoms with van der Waals surface area (Å²) in [4.78, 5) is 0. The molecule has 1 aliphatic heterocycles. The van der Waals surface area contributed by atoms with E-state index < -0.39 is 0 Å². The molecule has 120 valence electrons. The van der Waals surface area contributed by atoms with Gasteiger partial charge in [0.15, 0.2) is 0 Å². The van der Waals surface area contributed by atoms with Crippen LogP contribution in [0.25, 0.3) is 11.6 Å². The van der Waals surface area contributed by atoms with E-state index in [-0.39, 0.29) is 18.0 Å². The summed E-state index contributed by atoms with van der Waals surface area (Å²) in [5.74, 6) is -0.320. The van der Waals surface area contributed by atoms with E-state index >= 15 is 0 Å². The SMILES string of the molecule is CC(=Cc1ccc2c(c1)N[C@H](C)[C@@H](O)C2)c1c(F)cccc1Cl. The summed E-state index contributed by atoms with van der Waals surface area (Å²) in [6.07, 6.45) is 2.19. The summed E-state index contributed by atoms with van der Waals surface area (Å²) < 4.78 is 14.0. The predicted octanol–water partition coefficient (Wildman–Crippen LogP) is 4.76. The zero-order valence-electron chi connectivity index (χ0n) is 13.1. The van der Waals surface area contributed by atoms with Crippen LogP contribution in [0.1, 0.15) is 30.5 Å². The lowest BCUT2D eigenvalue weighted by molar-refractivity contribution is 0.154. The smallest absolute Gasteiger partial charge is 0.132 e. The lowest BCUT2D eigenvalue weighted by Gasteiger charge is -2.29. The lowest BCUT2D eigenvalue weighted by Crippen LogP contribution is -2.36. The van der Waals surface area contributed by atoms with Crippen LogP contribution in [0.2, 0.25) is 5.02 Å². The van der Waals surface area contributed by atoms with Crippen molar-refractivity contribution in [2.24, 2.45) is 0 Å². The minimum Gasteiger partial charge on any atom is -0.391 e. The molecule has 2 aromatic carbocycles. The van der Waals surface area contributed by atoms with Crippen molar-refractivity contribution in [3.05, 3.63) is 63.9 Å². The topological polar surface area (TPSA) is 32.3 Å². The average Bonchev–Trinajstić information content (AvgIpc) is 2.48. The van der Waals surface area contributed by atoms with Crippen LogP contribution in [0, 0.1) is 5.82 Å². The number of anilines is 1. The third kappa shape index (κ3) is 3.26. The van der Waals surface area contributed by atoms with Gasteiger partial charge in [0.1, 0.15) is 5.82 Å². The van der Waals surface area contributed by atoms with Crippen LogP contribution in [-0.2, 0) is 6.42 Å². The van der Waals surface area contributed by atoms with Crippen molar-refractivity contribution in [3.63, 3.8) is 0 Å². The first-order valence-electron chi connectivity index (χ1n) is 7.66. The van der Waals surface area contributed by atoms with Gasteiger partial charge in [-0.05, 0) is 48.7 Å². The van der Waals surface area contributed by atoms with Crippen molar-refractivity contribution in [1.29, 1.82) is 0 Å². The molecule has 2 nitrogen and oxygen atoms in total. The molecular formula is C19H19ClFNO. The van der Waals surface area contributed by atoms with E-state index in [2.05, 4.69) is 5.32 Å². The molecule has 0 spiro atoms. The molecular weight excluding hydrogens is 313 g/mol. The molecule has 0 aliphatic carbocycles. The summed E-state index contributed by atoms with van der Waals surface area (Å²) in [5.41, 5.74) is 4.29. The van der Waals surface area contributed by atoms with Crippen LogP contribution < -0.4 is 5.32 Å². The van der Waals surface area contributed by atoms with Gasteiger partial charge in [0.2, 0.25) is 0 Å². The van der Waals surface area contributed by atoms with E-state index in [1.54, 1.807) is 12.1 Å². The summed E-state index contributed by atoms with van der Waals surface area (Å²) in [5, 5.41) is 13.6. The van der Waals surface area contributed by atoms with Crippen molar-refractivity contribution in [3.8, 4) is 0 Å². The molecule has 4 heteroatoms. The number of aliphatic hydroxyl groups is 1. The normalized spacial score (nSPS) is 20.8. The zero-order chi connectivity index (χ0) is 16.6. The highest BCUT2D eigenvalue weighted by atomic mass is 35.5. The first-order chi connectivity index (χ1) is 11.0. The van der Waals surface area contributed by atoms with E-state index in [1.807, 2.05) is 38.1 Å². The number of rotatable bonds is 2. The van der Waals surface area contributed by atoms with Gasteiger partial charge in [0.25, 0.3) is 0 Å². The van der Waals surface area contributed by atoms with Crippen molar-refractivity contribution in [2.45, 2.75) is 32.4 Å². The van der Waals surface area contributed by atoms with Crippen molar-refractivity contribution in [1.82, 2.24) is 0 Å². The Balaban J connectivity index is 1.96. The Morgan fingerprint density at radius 3 is 2.87 bits per heavy atom. The van der Waals surface area contributed by atoms with Crippen LogP contribution >= 0.6 is 11.6 Å². The third-order valence-corrected chi connectivity index (χ3v) is 4.58. The summed E-state index contributed by atoms with van der Waals surface area (Å²) in [7, 11) is 0. The molecule has 0 unspecified atom stereocenters. The maximum Gasteiger partial charge on any atom is 0.132 e. The van der Waals surface area contributed by atoms with Crippen LogP contribution in [0.5, 0.6) is 0 Å². The molecule has 0 saturated carbocycles. The number of allylic oxidation sites excluding steroid dienone is 1. The van der Waals surface area contributed by atoms with Crippen LogP contribution in [-0.4, -0.2) is 17.3 Å². The van der Waals surface area contributed by atoms with Gasteiger partial charge < -0.3 is 10.4 Å². The van der Waals surface area contributed by atoms with Crippen LogP contribution in [0.15, 0.2) is 36.4 Å². The summed E-state index contributed by atoms with van der Waals surface area (Å²) >= 11 is 6.12. The Morgan fingerprint density at radius 2 is 2.13 bits per heavy atom. The van der Waals surface area contributed by atoms with Crippen molar-refractivity contribution < 1.29 is 9.50 Å². The van der Waals surface area contributed by atoms with E-state index in [1.165, 1.54) is 6.07 Å². The Labute approximate surface area is 140 Å². The molecule has 2 aromatic rings. The number of hydrogen-bond acceptors (Lipinski definition) is 2. The quantitative estimate of drug-likeness (QED) is 0.778. The highest BCUT2D eigenvalue weighted by Gasteiger charge is 2.22. The predicted molar refractivity (Wildman–Crippen MR) is 94.2 cm³/mol. The van der Waals surface area contributed by atoms with Crippen molar-refractivity contribution >= 4 is 28.9 Å². The molecule has 0 radical (unpaired) electrons. The molecule has 0 fully saturated rings. The first kappa shape index (κ1) is 16.0. The lowest BCUT2D eigenvalue weighted by atomic mass is 9.94. The minimum atomic E-state index is -0.372. The van der Waals surface area contributed by atoms with Crippen molar-refractivity contribution in [2.75, 3.05) is 5.32 Å². The Hall–Kier alpha value is -1.84. The zero-order valence-corrected chi connectivity index (χ0v) is 13.9. The van der Waals surface area contributed by atoms with E-state index in [0.717, 1.165) is 22.4 Å². The summed E-state index contributed by atoms with van der Waals surface area (Å²) in [6, 6.07) is 10.7. The fourth-order valence-electron chi connectivity index (χ4n) is 2.94. The second-order valence-electron chi connectivity index (χ2n) is 6.05. The largest absolute Gasteiger partial charge is 0.391 e. The fraction of sp³-hybridized carbons (Fsp3) is 0.263. The number of hydrogen-bond donors (Lipinski definition) is 2. The molecule has 0 saturated heterocycles. The molecule has 1 heterocycles. The van der Waals surface area contributed by atoms with Gasteiger partial charge in [-0.3, -0.25) is 0 Å². The number of aliphatic hydroxyl groups excluding tert-OH is 1. The van der Waals surface area contributed by atoms with E-state index in [9.17, 15) is 9.50 Å². The molecule has 2 N–H and O–H groups in total. The maximum absolute atomic E-state index is 14.0. The summed E-state index contributed by atoms with van der Waals surface area (Å²) in [6.45, 7) is 3.81. The average molecular weight is 332 g/mol. The maximum atomic E-state index is 14.0. The molecule has 0 amide bonds. The Morgan fingerprint density at radius 1 is 1.35 bits per heavy atom. The molecule has 3 rings (SSSR count). The Kier molecular flexibility index (Phi) is 4.42. The van der Waals surface area contributed by atoms with Gasteiger partial charge >= 0.3 is 0 Å². The van der Waals surface area contributed by atoms with Gasteiger partial charge in [-0.15, -0.1) is 0 Å². The second kappa shape index (κ2) is 6.34. The molecule has 0 aromatic heterocycles.